The van der Waals surface area contributed by atoms with Gasteiger partial charge in [0.25, 0.3) is 0 Å². The van der Waals surface area contributed by atoms with Gasteiger partial charge in [0.15, 0.2) is 0 Å². The van der Waals surface area contributed by atoms with E-state index in [1.165, 1.54) is 5.56 Å². The minimum Gasteiger partial charge on any atom is -0.491 e. The Bertz CT molecular complexity index is 587. The molecule has 4 heteroatoms. The topological polar surface area (TPSA) is 47.3 Å². The molecule has 2 rings (SSSR count). The Balaban J connectivity index is 2.19. The summed E-state index contributed by atoms with van der Waals surface area (Å²) in [4.78, 5) is 0. The normalized spacial score (nSPS) is 12.4. The standard InChI is InChI=1S/C17H21BrN2O/c1-12(2)21-15-8-5-7-14(10-15)17(20-19)11-13-6-3-4-9-16(13)18/h3-10,12,17,20H,11,19H2,1-2H3. The van der Waals surface area contributed by atoms with Crippen molar-refractivity contribution in [2.45, 2.75) is 32.4 Å². The largest absolute Gasteiger partial charge is 0.491 e. The summed E-state index contributed by atoms with van der Waals surface area (Å²) in [6.07, 6.45) is 0.969. The summed E-state index contributed by atoms with van der Waals surface area (Å²) in [5.74, 6) is 6.62. The van der Waals surface area contributed by atoms with Gasteiger partial charge in [-0.1, -0.05) is 46.3 Å². The summed E-state index contributed by atoms with van der Waals surface area (Å²) in [6.45, 7) is 4.04. The molecule has 0 radical (unpaired) electrons. The molecule has 21 heavy (non-hydrogen) atoms. The number of nitrogens with one attached hydrogen (secondary N) is 1. The van der Waals surface area contributed by atoms with Crippen molar-refractivity contribution in [1.29, 1.82) is 0 Å². The Morgan fingerprint density at radius 2 is 1.90 bits per heavy atom. The molecule has 0 aliphatic heterocycles. The first-order chi connectivity index (χ1) is 10.1. The van der Waals surface area contributed by atoms with Crippen LogP contribution >= 0.6 is 15.9 Å². The lowest BCUT2D eigenvalue weighted by atomic mass is 9.99. The number of hydrogen-bond acceptors (Lipinski definition) is 3. The Kier molecular flexibility index (Phi) is 5.79. The van der Waals surface area contributed by atoms with Gasteiger partial charge in [-0.2, -0.15) is 0 Å². The molecule has 0 bridgehead atoms. The summed E-state index contributed by atoms with van der Waals surface area (Å²) in [5.41, 5.74) is 5.23. The third-order valence-corrected chi connectivity index (χ3v) is 3.99. The lowest BCUT2D eigenvalue weighted by Gasteiger charge is -2.19. The van der Waals surface area contributed by atoms with E-state index in [2.05, 4.69) is 33.5 Å². The van der Waals surface area contributed by atoms with Crippen molar-refractivity contribution in [3.8, 4) is 5.75 Å². The summed E-state index contributed by atoms with van der Waals surface area (Å²) < 4.78 is 6.84. The van der Waals surface area contributed by atoms with E-state index in [1.807, 2.05) is 50.2 Å². The highest BCUT2D eigenvalue weighted by Crippen LogP contribution is 2.25. The van der Waals surface area contributed by atoms with E-state index >= 15 is 0 Å². The van der Waals surface area contributed by atoms with Crippen LogP contribution in [0.2, 0.25) is 0 Å². The molecular formula is C17H21BrN2O. The summed E-state index contributed by atoms with van der Waals surface area (Å²) in [6, 6.07) is 16.3. The monoisotopic (exact) mass is 348 g/mol. The van der Waals surface area contributed by atoms with Gasteiger partial charge in [-0.3, -0.25) is 11.3 Å². The molecule has 0 amide bonds. The minimum absolute atomic E-state index is 0.0411. The molecule has 3 N–H and O–H groups in total. The van der Waals surface area contributed by atoms with Crippen LogP contribution in [0.4, 0.5) is 0 Å². The van der Waals surface area contributed by atoms with Gasteiger partial charge in [-0.15, -0.1) is 0 Å². The van der Waals surface area contributed by atoms with Crippen molar-refractivity contribution in [3.63, 3.8) is 0 Å². The molecule has 112 valence electrons. The molecule has 2 aromatic rings. The van der Waals surface area contributed by atoms with Crippen molar-refractivity contribution < 1.29 is 4.74 Å². The first-order valence-electron chi connectivity index (χ1n) is 7.06. The fraction of sp³-hybridized carbons (Fsp3) is 0.294. The molecule has 2 aromatic carbocycles. The van der Waals surface area contributed by atoms with Gasteiger partial charge in [-0.25, -0.2) is 0 Å². The van der Waals surface area contributed by atoms with Crippen LogP contribution in [0, 0.1) is 0 Å². The molecule has 0 fully saturated rings. The fourth-order valence-electron chi connectivity index (χ4n) is 2.23. The summed E-state index contributed by atoms with van der Waals surface area (Å²) >= 11 is 3.58. The van der Waals surface area contributed by atoms with Gasteiger partial charge in [-0.05, 0) is 49.6 Å². The maximum atomic E-state index is 5.75. The van der Waals surface area contributed by atoms with Crippen LogP contribution in [-0.2, 0) is 6.42 Å². The van der Waals surface area contributed by atoms with Gasteiger partial charge in [0.05, 0.1) is 12.1 Å². The predicted octanol–water partition coefficient (Wildman–Crippen LogP) is 3.98. The van der Waals surface area contributed by atoms with Crippen molar-refractivity contribution in [1.82, 2.24) is 5.43 Å². The average Bonchev–Trinajstić information content (AvgIpc) is 2.46. The average molecular weight is 349 g/mol. The lowest BCUT2D eigenvalue weighted by Crippen LogP contribution is -2.29. The van der Waals surface area contributed by atoms with Crippen LogP contribution in [0.15, 0.2) is 53.0 Å². The molecule has 0 aliphatic rings. The SMILES string of the molecule is CC(C)Oc1cccc(C(Cc2ccccc2Br)NN)c1. The van der Waals surface area contributed by atoms with Crippen molar-refractivity contribution >= 4 is 15.9 Å². The molecule has 1 atom stereocenters. The Morgan fingerprint density at radius 3 is 2.57 bits per heavy atom. The number of hydrazine groups is 1. The number of rotatable bonds is 6. The molecule has 3 nitrogen and oxygen atoms in total. The molecule has 0 saturated carbocycles. The van der Waals surface area contributed by atoms with Crippen molar-refractivity contribution in [3.05, 3.63) is 64.1 Å². The second kappa shape index (κ2) is 7.59. The van der Waals surface area contributed by atoms with E-state index in [0.717, 1.165) is 22.2 Å². The number of benzene rings is 2. The zero-order valence-electron chi connectivity index (χ0n) is 12.3. The van der Waals surface area contributed by atoms with Crippen LogP contribution in [-0.4, -0.2) is 6.10 Å². The number of ether oxygens (including phenoxy) is 1. The second-order valence-electron chi connectivity index (χ2n) is 5.25. The number of halogens is 1. The zero-order chi connectivity index (χ0) is 15.2. The quantitative estimate of drug-likeness (QED) is 0.613. The van der Waals surface area contributed by atoms with Crippen molar-refractivity contribution in [2.75, 3.05) is 0 Å². The third kappa shape index (κ3) is 4.56. The second-order valence-corrected chi connectivity index (χ2v) is 6.11. The van der Waals surface area contributed by atoms with Crippen LogP contribution in [0.3, 0.4) is 0 Å². The lowest BCUT2D eigenvalue weighted by molar-refractivity contribution is 0.242. The third-order valence-electron chi connectivity index (χ3n) is 3.22. The van der Waals surface area contributed by atoms with E-state index in [1.54, 1.807) is 0 Å². The summed E-state index contributed by atoms with van der Waals surface area (Å²) in [7, 11) is 0. The smallest absolute Gasteiger partial charge is 0.120 e. The molecule has 0 aliphatic carbocycles. The van der Waals surface area contributed by atoms with E-state index < -0.39 is 0 Å². The molecule has 1 unspecified atom stereocenters. The molecule has 0 spiro atoms. The fourth-order valence-corrected chi connectivity index (χ4v) is 2.68. The highest BCUT2D eigenvalue weighted by Gasteiger charge is 2.13. The predicted molar refractivity (Wildman–Crippen MR) is 90.1 cm³/mol. The highest BCUT2D eigenvalue weighted by atomic mass is 79.9. The molecule has 0 saturated heterocycles. The van der Waals surface area contributed by atoms with E-state index in [9.17, 15) is 0 Å². The van der Waals surface area contributed by atoms with Gasteiger partial charge in [0.2, 0.25) is 0 Å². The van der Waals surface area contributed by atoms with Crippen molar-refractivity contribution in [2.24, 2.45) is 5.84 Å². The molecule has 0 aromatic heterocycles. The highest BCUT2D eigenvalue weighted by molar-refractivity contribution is 9.10. The maximum absolute atomic E-state index is 5.75. The van der Waals surface area contributed by atoms with E-state index in [4.69, 9.17) is 10.6 Å². The van der Waals surface area contributed by atoms with E-state index in [-0.39, 0.29) is 12.1 Å². The number of hydrogen-bond donors (Lipinski definition) is 2. The van der Waals surface area contributed by atoms with Gasteiger partial charge in [0, 0.05) is 4.47 Å². The molecule has 0 heterocycles. The molecular weight excluding hydrogens is 328 g/mol. The number of nitrogens with two attached hydrogens (primary N) is 1. The van der Waals surface area contributed by atoms with Gasteiger partial charge >= 0.3 is 0 Å². The maximum Gasteiger partial charge on any atom is 0.120 e. The van der Waals surface area contributed by atoms with Gasteiger partial charge in [0.1, 0.15) is 5.75 Å². The first-order valence-corrected chi connectivity index (χ1v) is 7.85. The van der Waals surface area contributed by atoms with Crippen LogP contribution in [0.5, 0.6) is 5.75 Å². The van der Waals surface area contributed by atoms with Gasteiger partial charge < -0.3 is 4.74 Å². The van der Waals surface area contributed by atoms with Crippen LogP contribution in [0.25, 0.3) is 0 Å². The van der Waals surface area contributed by atoms with Crippen LogP contribution < -0.4 is 16.0 Å². The Labute approximate surface area is 134 Å². The van der Waals surface area contributed by atoms with E-state index in [0.29, 0.717) is 0 Å². The summed E-state index contributed by atoms with van der Waals surface area (Å²) in [5, 5.41) is 0. The zero-order valence-corrected chi connectivity index (χ0v) is 13.9. The Morgan fingerprint density at radius 1 is 1.14 bits per heavy atom. The minimum atomic E-state index is 0.0411. The van der Waals surface area contributed by atoms with Crippen LogP contribution in [0.1, 0.15) is 31.0 Å². The Hall–Kier alpha value is -1.36. The first kappa shape index (κ1) is 16.0.